The van der Waals surface area contributed by atoms with Gasteiger partial charge < -0.3 is 10.1 Å². The molecule has 0 aromatic carbocycles. The minimum Gasteiger partial charge on any atom is -0.384 e. The highest BCUT2D eigenvalue weighted by atomic mass is 16.5. The van der Waals surface area contributed by atoms with E-state index in [4.69, 9.17) is 4.74 Å². The van der Waals surface area contributed by atoms with Gasteiger partial charge in [-0.15, -0.1) is 0 Å². The minimum atomic E-state index is 0.541. The van der Waals surface area contributed by atoms with Gasteiger partial charge in [0, 0.05) is 32.8 Å². The Morgan fingerprint density at radius 2 is 2.06 bits per heavy atom. The average Bonchev–Trinajstić information content (AvgIpc) is 2.29. The average molecular weight is 240 g/mol. The van der Waals surface area contributed by atoms with E-state index in [9.17, 15) is 0 Å². The third-order valence-electron chi connectivity index (χ3n) is 3.32. The van der Waals surface area contributed by atoms with Gasteiger partial charge in [-0.05, 0) is 37.4 Å². The van der Waals surface area contributed by atoms with Crippen LogP contribution in [0.25, 0.3) is 0 Å². The Balaban J connectivity index is 2.14. The fraction of sp³-hybridized carbons (Fsp3) is 0.857. The van der Waals surface area contributed by atoms with Crippen molar-refractivity contribution in [2.75, 3.05) is 39.9 Å². The van der Waals surface area contributed by atoms with Crippen molar-refractivity contribution in [1.82, 2.24) is 10.2 Å². The second-order valence-electron chi connectivity index (χ2n) is 5.46. The van der Waals surface area contributed by atoms with E-state index in [1.54, 1.807) is 7.11 Å². The van der Waals surface area contributed by atoms with E-state index in [-0.39, 0.29) is 0 Å². The molecule has 100 valence electrons. The fourth-order valence-corrected chi connectivity index (χ4v) is 2.27. The van der Waals surface area contributed by atoms with Crippen molar-refractivity contribution >= 4 is 0 Å². The first-order valence-corrected chi connectivity index (χ1v) is 6.73. The molecule has 0 bridgehead atoms. The lowest BCUT2D eigenvalue weighted by atomic mass is 9.97. The molecule has 3 heteroatoms. The molecule has 1 fully saturated rings. The molecule has 0 saturated carbocycles. The van der Waals surface area contributed by atoms with E-state index in [2.05, 4.69) is 30.6 Å². The molecule has 1 aliphatic rings. The van der Waals surface area contributed by atoms with Crippen LogP contribution >= 0.6 is 0 Å². The van der Waals surface area contributed by atoms with Crippen LogP contribution in [0.2, 0.25) is 0 Å². The summed E-state index contributed by atoms with van der Waals surface area (Å²) in [5, 5.41) is 3.42. The number of hydrogen-bond acceptors (Lipinski definition) is 3. The van der Waals surface area contributed by atoms with Crippen molar-refractivity contribution in [3.63, 3.8) is 0 Å². The maximum atomic E-state index is 5.22. The standard InChI is InChI=1S/C14H28N2O/c1-12(2)15-9-13(3)10-16-7-5-14(6-8-16)11-17-4/h12,14-15H,3,5-11H2,1-2,4H3. The van der Waals surface area contributed by atoms with Gasteiger partial charge in [-0.3, -0.25) is 4.90 Å². The molecule has 1 N–H and O–H groups in total. The first kappa shape index (κ1) is 14.7. The summed E-state index contributed by atoms with van der Waals surface area (Å²) < 4.78 is 5.22. The van der Waals surface area contributed by atoms with Gasteiger partial charge in [0.05, 0.1) is 0 Å². The van der Waals surface area contributed by atoms with Crippen molar-refractivity contribution in [3.05, 3.63) is 12.2 Å². The Hall–Kier alpha value is -0.380. The molecule has 0 spiro atoms. The van der Waals surface area contributed by atoms with E-state index in [1.165, 1.54) is 31.5 Å². The molecule has 0 aliphatic carbocycles. The molecule has 3 nitrogen and oxygen atoms in total. The normalized spacial score (nSPS) is 18.8. The van der Waals surface area contributed by atoms with Gasteiger partial charge in [0.15, 0.2) is 0 Å². The zero-order valence-corrected chi connectivity index (χ0v) is 11.7. The lowest BCUT2D eigenvalue weighted by molar-refractivity contribution is 0.103. The zero-order valence-electron chi connectivity index (χ0n) is 11.7. The van der Waals surface area contributed by atoms with E-state index < -0.39 is 0 Å². The number of rotatable bonds is 7. The van der Waals surface area contributed by atoms with Gasteiger partial charge >= 0.3 is 0 Å². The molecule has 0 amide bonds. The predicted molar refractivity (Wildman–Crippen MR) is 73.3 cm³/mol. The lowest BCUT2D eigenvalue weighted by Crippen LogP contribution is -2.37. The van der Waals surface area contributed by atoms with Crippen LogP contribution < -0.4 is 5.32 Å². The summed E-state index contributed by atoms with van der Waals surface area (Å²) in [5.41, 5.74) is 1.30. The third-order valence-corrected chi connectivity index (χ3v) is 3.32. The number of ether oxygens (including phenoxy) is 1. The van der Waals surface area contributed by atoms with Crippen molar-refractivity contribution < 1.29 is 4.74 Å². The summed E-state index contributed by atoms with van der Waals surface area (Å²) in [6.07, 6.45) is 2.53. The Morgan fingerprint density at radius 3 is 2.59 bits per heavy atom. The first-order valence-electron chi connectivity index (χ1n) is 6.73. The second kappa shape index (κ2) is 7.85. The molecule has 1 rings (SSSR count). The summed E-state index contributed by atoms with van der Waals surface area (Å²) in [7, 11) is 1.80. The summed E-state index contributed by atoms with van der Waals surface area (Å²) in [6, 6.07) is 0.541. The molecule has 0 radical (unpaired) electrons. The van der Waals surface area contributed by atoms with E-state index in [0.29, 0.717) is 6.04 Å². The van der Waals surface area contributed by atoms with Crippen LogP contribution in [-0.4, -0.2) is 50.8 Å². The van der Waals surface area contributed by atoms with Crippen LogP contribution in [0.15, 0.2) is 12.2 Å². The lowest BCUT2D eigenvalue weighted by Gasteiger charge is -2.32. The second-order valence-corrected chi connectivity index (χ2v) is 5.46. The van der Waals surface area contributed by atoms with Crippen LogP contribution in [0.3, 0.4) is 0 Å². The molecule has 0 aromatic heterocycles. The molecule has 1 heterocycles. The summed E-state index contributed by atoms with van der Waals surface area (Å²) in [5.74, 6) is 0.762. The van der Waals surface area contributed by atoms with Gasteiger partial charge in [0.2, 0.25) is 0 Å². The summed E-state index contributed by atoms with van der Waals surface area (Å²) in [6.45, 7) is 13.8. The van der Waals surface area contributed by atoms with Gasteiger partial charge in [-0.1, -0.05) is 20.4 Å². The Labute approximate surface area is 106 Å². The van der Waals surface area contributed by atoms with Gasteiger partial charge in [0.25, 0.3) is 0 Å². The number of hydrogen-bond donors (Lipinski definition) is 1. The zero-order chi connectivity index (χ0) is 12.7. The largest absolute Gasteiger partial charge is 0.384 e. The SMILES string of the molecule is C=C(CNC(C)C)CN1CCC(COC)CC1. The highest BCUT2D eigenvalue weighted by Crippen LogP contribution is 2.17. The maximum Gasteiger partial charge on any atom is 0.0491 e. The molecule has 1 saturated heterocycles. The number of nitrogens with zero attached hydrogens (tertiary/aromatic N) is 1. The van der Waals surface area contributed by atoms with Crippen LogP contribution in [0, 0.1) is 5.92 Å². The van der Waals surface area contributed by atoms with Crippen LogP contribution in [0.1, 0.15) is 26.7 Å². The van der Waals surface area contributed by atoms with Gasteiger partial charge in [0.1, 0.15) is 0 Å². The molecule has 0 unspecified atom stereocenters. The van der Waals surface area contributed by atoms with Crippen LogP contribution in [0.5, 0.6) is 0 Å². The number of piperidine rings is 1. The maximum absolute atomic E-state index is 5.22. The molecule has 0 aromatic rings. The summed E-state index contributed by atoms with van der Waals surface area (Å²) >= 11 is 0. The highest BCUT2D eigenvalue weighted by molar-refractivity contribution is 5.00. The smallest absolute Gasteiger partial charge is 0.0491 e. The molecular weight excluding hydrogens is 212 g/mol. The number of nitrogens with one attached hydrogen (secondary N) is 1. The van der Waals surface area contributed by atoms with Crippen molar-refractivity contribution in [3.8, 4) is 0 Å². The number of methoxy groups -OCH3 is 1. The Bertz CT molecular complexity index is 220. The highest BCUT2D eigenvalue weighted by Gasteiger charge is 2.19. The van der Waals surface area contributed by atoms with Crippen LogP contribution in [-0.2, 0) is 4.74 Å². The minimum absolute atomic E-state index is 0.541. The molecule has 1 aliphatic heterocycles. The molecule has 0 atom stereocenters. The molecular formula is C14H28N2O. The third kappa shape index (κ3) is 6.20. The van der Waals surface area contributed by atoms with E-state index in [1.807, 2.05) is 0 Å². The monoisotopic (exact) mass is 240 g/mol. The van der Waals surface area contributed by atoms with Crippen molar-refractivity contribution in [2.45, 2.75) is 32.7 Å². The van der Waals surface area contributed by atoms with Crippen LogP contribution in [0.4, 0.5) is 0 Å². The van der Waals surface area contributed by atoms with Crippen molar-refractivity contribution in [2.24, 2.45) is 5.92 Å². The first-order chi connectivity index (χ1) is 8.11. The Morgan fingerprint density at radius 1 is 1.41 bits per heavy atom. The quantitative estimate of drug-likeness (QED) is 0.688. The molecule has 17 heavy (non-hydrogen) atoms. The van der Waals surface area contributed by atoms with Gasteiger partial charge in [-0.2, -0.15) is 0 Å². The predicted octanol–water partition coefficient (Wildman–Crippen LogP) is 1.90. The Kier molecular flexibility index (Phi) is 6.78. The van der Waals surface area contributed by atoms with E-state index >= 15 is 0 Å². The number of likely N-dealkylation sites (tertiary alicyclic amines) is 1. The van der Waals surface area contributed by atoms with E-state index in [0.717, 1.165) is 25.6 Å². The summed E-state index contributed by atoms with van der Waals surface area (Å²) in [4.78, 5) is 2.51. The van der Waals surface area contributed by atoms with Crippen molar-refractivity contribution in [1.29, 1.82) is 0 Å². The van der Waals surface area contributed by atoms with Gasteiger partial charge in [-0.25, -0.2) is 0 Å². The fourth-order valence-electron chi connectivity index (χ4n) is 2.27. The topological polar surface area (TPSA) is 24.5 Å².